The third-order valence-electron chi connectivity index (χ3n) is 13.2. The molecule has 11 atom stereocenters. The third-order valence-corrected chi connectivity index (χ3v) is 13.8. The quantitative estimate of drug-likeness (QED) is 0.0980. The summed E-state index contributed by atoms with van der Waals surface area (Å²) in [6.45, 7) is 12.4. The van der Waals surface area contributed by atoms with Gasteiger partial charge in [0.25, 0.3) is 0 Å². The first kappa shape index (κ1) is 36.5. The van der Waals surface area contributed by atoms with E-state index in [1.807, 2.05) is 0 Å². The summed E-state index contributed by atoms with van der Waals surface area (Å²) in [6, 6.07) is 0.565. The molecule has 4 aliphatic rings. The summed E-state index contributed by atoms with van der Waals surface area (Å²) in [5.41, 5.74) is 4.81. The van der Waals surface area contributed by atoms with E-state index in [-0.39, 0.29) is 11.5 Å². The van der Waals surface area contributed by atoms with Crippen molar-refractivity contribution in [3.05, 3.63) is 0 Å². The maximum absolute atomic E-state index is 11.8. The van der Waals surface area contributed by atoms with Crippen molar-refractivity contribution in [3.8, 4) is 0 Å². The molecule has 0 heterocycles. The first-order valence-electron chi connectivity index (χ1n) is 17.9. The molecule has 0 aromatic carbocycles. The van der Waals surface area contributed by atoms with Crippen molar-refractivity contribution in [1.82, 2.24) is 10.6 Å². The number of nitrogens with two attached hydrogens (primary N) is 1. The molecule has 0 aromatic rings. The van der Waals surface area contributed by atoms with Crippen LogP contribution in [-0.4, -0.2) is 73.7 Å². The Morgan fingerprint density at radius 1 is 0.977 bits per heavy atom. The van der Waals surface area contributed by atoms with Gasteiger partial charge in [0.2, 0.25) is 0 Å². The van der Waals surface area contributed by atoms with Crippen LogP contribution in [-0.2, 0) is 14.6 Å². The van der Waals surface area contributed by atoms with Crippen molar-refractivity contribution in [2.24, 2.45) is 52.1 Å². The van der Waals surface area contributed by atoms with Crippen molar-refractivity contribution in [1.29, 1.82) is 0 Å². The maximum atomic E-state index is 11.8. The van der Waals surface area contributed by atoms with Crippen LogP contribution >= 0.6 is 0 Å². The molecule has 9 nitrogen and oxygen atoms in total. The minimum absolute atomic E-state index is 0.212. The summed E-state index contributed by atoms with van der Waals surface area (Å²) in [5.74, 6) is 3.17. The molecule has 0 aromatic heterocycles. The molecule has 7 N–H and O–H groups in total. The summed E-state index contributed by atoms with van der Waals surface area (Å²) in [7, 11) is -4.62. The molecule has 44 heavy (non-hydrogen) atoms. The lowest BCUT2D eigenvalue weighted by Gasteiger charge is -2.62. The highest BCUT2D eigenvalue weighted by Crippen LogP contribution is 2.68. The largest absolute Gasteiger partial charge is 0.397 e. The first-order valence-corrected chi connectivity index (χ1v) is 19.2. The van der Waals surface area contributed by atoms with Gasteiger partial charge < -0.3 is 26.6 Å². The van der Waals surface area contributed by atoms with E-state index in [1.165, 1.54) is 51.9 Å². The first-order chi connectivity index (χ1) is 20.8. The molecular formula is C34H65N3O6S. The highest BCUT2D eigenvalue weighted by atomic mass is 32.3. The summed E-state index contributed by atoms with van der Waals surface area (Å²) < 4.78 is 36.5. The Kier molecular flexibility index (Phi) is 12.7. The Labute approximate surface area is 268 Å². The highest BCUT2D eigenvalue weighted by Gasteiger charge is 2.62. The predicted octanol–water partition coefficient (Wildman–Crippen LogP) is 4.67. The van der Waals surface area contributed by atoms with Crippen LogP contribution in [0.3, 0.4) is 0 Å². The Bertz CT molecular complexity index is 1020. The van der Waals surface area contributed by atoms with Crippen LogP contribution in [0, 0.1) is 46.3 Å². The smallest absolute Gasteiger partial charge is 0.393 e. The van der Waals surface area contributed by atoms with Gasteiger partial charge >= 0.3 is 10.4 Å². The number of aliphatic hydroxyl groups is 2. The van der Waals surface area contributed by atoms with Gasteiger partial charge in [0.15, 0.2) is 0 Å². The fourth-order valence-electron chi connectivity index (χ4n) is 10.8. The van der Waals surface area contributed by atoms with E-state index < -0.39 is 22.6 Å². The van der Waals surface area contributed by atoms with E-state index in [0.717, 1.165) is 64.7 Å². The zero-order chi connectivity index (χ0) is 32.2. The molecule has 0 radical (unpaired) electrons. The SMILES string of the molecule is CC(CCCC(C)(CO)OS(=O)(=O)O)C1CCC2C3C(O)CC4CC(NCCCNCCCCN)CCC4(C)C3CCC12C. The molecule has 0 saturated heterocycles. The standard InChI is InChI=1S/C34H65N3O6S/c1-24(9-7-14-32(2,23-38)43-44(40,41)42)27-10-11-28-31-29(13-16-34(27,28)4)33(3)15-12-26(21-25(33)22-30(31)39)37-20-8-19-36-18-6-5-17-35/h24-31,36-39H,5-23,35H2,1-4H3,(H,40,41,42). The third kappa shape index (κ3) is 8.38. The molecule has 0 amide bonds. The van der Waals surface area contributed by atoms with Crippen molar-refractivity contribution < 1.29 is 27.4 Å². The lowest BCUT2D eigenvalue weighted by atomic mass is 9.43. The Morgan fingerprint density at radius 3 is 2.39 bits per heavy atom. The second-order valence-electron chi connectivity index (χ2n) is 16.0. The summed E-state index contributed by atoms with van der Waals surface area (Å²) in [5, 5.41) is 28.9. The van der Waals surface area contributed by atoms with Crippen molar-refractivity contribution in [2.45, 2.75) is 135 Å². The van der Waals surface area contributed by atoms with Gasteiger partial charge in [0.05, 0.1) is 12.7 Å². The summed E-state index contributed by atoms with van der Waals surface area (Å²) in [4.78, 5) is 0. The molecule has 0 aliphatic heterocycles. The van der Waals surface area contributed by atoms with E-state index in [9.17, 15) is 18.6 Å². The van der Waals surface area contributed by atoms with E-state index in [0.29, 0.717) is 53.4 Å². The molecular weight excluding hydrogens is 578 g/mol. The maximum Gasteiger partial charge on any atom is 0.397 e. The van der Waals surface area contributed by atoms with Crippen LogP contribution in [0.2, 0.25) is 0 Å². The number of unbranched alkanes of at least 4 members (excludes halogenated alkanes) is 1. The van der Waals surface area contributed by atoms with Crippen molar-refractivity contribution in [3.63, 3.8) is 0 Å². The van der Waals surface area contributed by atoms with Gasteiger partial charge in [-0.05, 0) is 156 Å². The summed E-state index contributed by atoms with van der Waals surface area (Å²) >= 11 is 0. The minimum Gasteiger partial charge on any atom is -0.393 e. The van der Waals surface area contributed by atoms with Crippen molar-refractivity contribution in [2.75, 3.05) is 32.8 Å². The van der Waals surface area contributed by atoms with Crippen LogP contribution in [0.5, 0.6) is 0 Å². The zero-order valence-corrected chi connectivity index (χ0v) is 28.9. The molecule has 10 heteroatoms. The lowest BCUT2D eigenvalue weighted by Crippen LogP contribution is -2.59. The van der Waals surface area contributed by atoms with Gasteiger partial charge in [-0.25, -0.2) is 4.18 Å². The van der Waals surface area contributed by atoms with Crippen molar-refractivity contribution >= 4 is 10.4 Å². The number of fused-ring (bicyclic) bond motifs is 5. The Morgan fingerprint density at radius 2 is 1.68 bits per heavy atom. The van der Waals surface area contributed by atoms with Gasteiger partial charge in [0.1, 0.15) is 5.60 Å². The van der Waals surface area contributed by atoms with Gasteiger partial charge in [-0.2, -0.15) is 8.42 Å². The minimum atomic E-state index is -4.62. The number of aliphatic hydroxyl groups excluding tert-OH is 2. The second-order valence-corrected chi connectivity index (χ2v) is 17.1. The fourth-order valence-corrected chi connectivity index (χ4v) is 11.5. The molecule has 0 spiro atoms. The van der Waals surface area contributed by atoms with Gasteiger partial charge in [0, 0.05) is 6.04 Å². The van der Waals surface area contributed by atoms with E-state index >= 15 is 0 Å². The van der Waals surface area contributed by atoms with Crippen LogP contribution in [0.15, 0.2) is 0 Å². The van der Waals surface area contributed by atoms with E-state index in [4.69, 9.17) is 14.5 Å². The van der Waals surface area contributed by atoms with Crippen LogP contribution in [0.4, 0.5) is 0 Å². The second kappa shape index (κ2) is 15.3. The van der Waals surface area contributed by atoms with Gasteiger partial charge in [-0.1, -0.05) is 33.6 Å². The average molecular weight is 644 g/mol. The molecule has 4 saturated carbocycles. The molecule has 0 bridgehead atoms. The van der Waals surface area contributed by atoms with Crippen LogP contribution < -0.4 is 16.4 Å². The molecule has 4 rings (SSSR count). The monoisotopic (exact) mass is 643 g/mol. The number of hydrogen-bond donors (Lipinski definition) is 6. The highest BCUT2D eigenvalue weighted by molar-refractivity contribution is 7.80. The Hall–Kier alpha value is -0.330. The molecule has 4 fully saturated rings. The lowest BCUT2D eigenvalue weighted by molar-refractivity contribution is -0.167. The van der Waals surface area contributed by atoms with Gasteiger partial charge in [-0.15, -0.1) is 0 Å². The number of hydrogen-bond acceptors (Lipinski definition) is 8. The van der Waals surface area contributed by atoms with Crippen LogP contribution in [0.25, 0.3) is 0 Å². The normalized spacial score (nSPS) is 39.2. The summed E-state index contributed by atoms with van der Waals surface area (Å²) in [6.07, 6.45) is 14.6. The zero-order valence-electron chi connectivity index (χ0n) is 28.1. The molecule has 4 aliphatic carbocycles. The van der Waals surface area contributed by atoms with E-state index in [1.54, 1.807) is 0 Å². The average Bonchev–Trinajstić information content (AvgIpc) is 3.31. The number of rotatable bonds is 17. The predicted molar refractivity (Wildman–Crippen MR) is 175 cm³/mol. The fraction of sp³-hybridized carbons (Fsp3) is 1.00. The van der Waals surface area contributed by atoms with E-state index in [2.05, 4.69) is 31.4 Å². The van der Waals surface area contributed by atoms with Gasteiger partial charge in [-0.3, -0.25) is 4.55 Å². The topological polar surface area (TPSA) is 154 Å². The number of nitrogens with one attached hydrogen (secondary N) is 2. The molecule has 258 valence electrons. The Balaban J connectivity index is 1.30. The molecule has 11 unspecified atom stereocenters. The van der Waals surface area contributed by atoms with Crippen LogP contribution in [0.1, 0.15) is 118 Å².